The summed E-state index contributed by atoms with van der Waals surface area (Å²) in [5.41, 5.74) is 3.23. The number of hydrogen-bond donors (Lipinski definition) is 1. The van der Waals surface area contributed by atoms with Crippen molar-refractivity contribution in [1.82, 2.24) is 24.4 Å². The summed E-state index contributed by atoms with van der Waals surface area (Å²) in [7, 11) is 0. The molecule has 2 saturated heterocycles. The minimum absolute atomic E-state index is 0.129. The fraction of sp³-hybridized carbons (Fsp3) is 0.533. The summed E-state index contributed by atoms with van der Waals surface area (Å²) in [4.78, 5) is 43.4. The fourth-order valence-corrected chi connectivity index (χ4v) is 8.20. The molecule has 3 aliphatic rings. The molecule has 1 saturated carbocycles. The Hall–Kier alpha value is -3.40. The number of aromatic nitrogens is 4. The van der Waals surface area contributed by atoms with E-state index in [-0.39, 0.29) is 17.7 Å². The third-order valence-corrected chi connectivity index (χ3v) is 10.0. The Bertz CT molecular complexity index is 1640. The molecule has 9 nitrogen and oxygen atoms in total. The molecule has 2 unspecified atom stereocenters. The zero-order chi connectivity index (χ0) is 27.6. The molecule has 7 rings (SSSR count). The lowest BCUT2D eigenvalue weighted by Gasteiger charge is -2.27. The van der Waals surface area contributed by atoms with Gasteiger partial charge in [-0.2, -0.15) is 0 Å². The summed E-state index contributed by atoms with van der Waals surface area (Å²) >= 11 is 1.62. The van der Waals surface area contributed by atoms with Crippen LogP contribution in [-0.2, 0) is 4.74 Å². The van der Waals surface area contributed by atoms with E-state index in [9.17, 15) is 9.59 Å². The SMILES string of the molecule is CC(C)(C)OC(=O)N1CC2CCN(c3sc(-c4ccc5c(c4)ncn5C4CCCCC4)c4nc[nH]c(=O)c34)C2C1. The van der Waals surface area contributed by atoms with Crippen molar-refractivity contribution < 1.29 is 9.53 Å². The van der Waals surface area contributed by atoms with Gasteiger partial charge in [-0.3, -0.25) is 4.79 Å². The van der Waals surface area contributed by atoms with Gasteiger partial charge in [0.15, 0.2) is 0 Å². The Morgan fingerprint density at radius 2 is 1.93 bits per heavy atom. The van der Waals surface area contributed by atoms with E-state index in [1.165, 1.54) is 38.4 Å². The van der Waals surface area contributed by atoms with E-state index >= 15 is 0 Å². The lowest BCUT2D eigenvalue weighted by atomic mass is 9.95. The van der Waals surface area contributed by atoms with Gasteiger partial charge >= 0.3 is 6.09 Å². The quantitative estimate of drug-likeness (QED) is 0.333. The average molecular weight is 561 g/mol. The maximum absolute atomic E-state index is 13.2. The lowest BCUT2D eigenvalue weighted by molar-refractivity contribution is 0.0284. The summed E-state index contributed by atoms with van der Waals surface area (Å²) in [6, 6.07) is 7.13. The number of benzene rings is 1. The number of ether oxygens (including phenoxy) is 1. The van der Waals surface area contributed by atoms with E-state index in [1.54, 1.807) is 11.3 Å². The van der Waals surface area contributed by atoms with Crippen molar-refractivity contribution in [1.29, 1.82) is 0 Å². The van der Waals surface area contributed by atoms with Crippen LogP contribution in [0.5, 0.6) is 0 Å². The van der Waals surface area contributed by atoms with E-state index in [4.69, 9.17) is 9.72 Å². The van der Waals surface area contributed by atoms with Crippen molar-refractivity contribution in [3.05, 3.63) is 41.2 Å². The highest BCUT2D eigenvalue weighted by molar-refractivity contribution is 7.21. The Kier molecular flexibility index (Phi) is 6.14. The summed E-state index contributed by atoms with van der Waals surface area (Å²) in [6.45, 7) is 7.81. The minimum Gasteiger partial charge on any atom is -0.444 e. The Labute approximate surface area is 237 Å². The Morgan fingerprint density at radius 3 is 2.73 bits per heavy atom. The first-order chi connectivity index (χ1) is 19.3. The summed E-state index contributed by atoms with van der Waals surface area (Å²) in [6.07, 6.45) is 10.5. The molecule has 3 fully saturated rings. The topological polar surface area (TPSA) is 96.3 Å². The van der Waals surface area contributed by atoms with Crippen molar-refractivity contribution in [3.8, 4) is 10.4 Å². The number of H-pyrrole nitrogens is 1. The number of nitrogens with one attached hydrogen (secondary N) is 1. The second kappa shape index (κ2) is 9.61. The van der Waals surface area contributed by atoms with E-state index in [2.05, 4.69) is 37.6 Å². The highest BCUT2D eigenvalue weighted by Gasteiger charge is 2.45. The molecular weight excluding hydrogens is 524 g/mol. The van der Waals surface area contributed by atoms with E-state index in [0.29, 0.717) is 30.4 Å². The molecule has 0 spiro atoms. The normalized spacial score (nSPS) is 22.0. The van der Waals surface area contributed by atoms with Crippen LogP contribution in [-0.4, -0.2) is 61.8 Å². The average Bonchev–Trinajstić information content (AvgIpc) is 3.69. The van der Waals surface area contributed by atoms with Gasteiger partial charge in [0.05, 0.1) is 40.1 Å². The molecule has 1 aromatic carbocycles. The number of carbonyl (C=O) groups is 1. The number of rotatable bonds is 3. The Balaban J connectivity index is 1.23. The van der Waals surface area contributed by atoms with E-state index in [0.717, 1.165) is 45.0 Å². The molecule has 0 radical (unpaired) electrons. The number of thiophene rings is 1. The second-order valence-electron chi connectivity index (χ2n) is 12.5. The van der Waals surface area contributed by atoms with Gasteiger partial charge in [-0.05, 0) is 57.7 Å². The van der Waals surface area contributed by atoms with Gasteiger partial charge in [-0.1, -0.05) is 25.3 Å². The third-order valence-electron chi connectivity index (χ3n) is 8.75. The molecule has 2 aliphatic heterocycles. The zero-order valence-corrected chi connectivity index (χ0v) is 24.2. The molecule has 4 aromatic rings. The predicted octanol–water partition coefficient (Wildman–Crippen LogP) is 5.95. The van der Waals surface area contributed by atoms with Gasteiger partial charge in [0.2, 0.25) is 0 Å². The number of amides is 1. The smallest absolute Gasteiger partial charge is 0.410 e. The molecule has 1 aliphatic carbocycles. The van der Waals surface area contributed by atoms with Crippen LogP contribution in [0.25, 0.3) is 32.4 Å². The number of carbonyl (C=O) groups excluding carboxylic acids is 1. The van der Waals surface area contributed by atoms with E-state index < -0.39 is 5.60 Å². The van der Waals surface area contributed by atoms with Crippen LogP contribution >= 0.6 is 11.3 Å². The maximum atomic E-state index is 13.2. The van der Waals surface area contributed by atoms with Crippen molar-refractivity contribution in [2.45, 2.75) is 77.0 Å². The minimum atomic E-state index is -0.528. The first-order valence-corrected chi connectivity index (χ1v) is 15.3. The third kappa shape index (κ3) is 4.36. The zero-order valence-electron chi connectivity index (χ0n) is 23.4. The van der Waals surface area contributed by atoms with Crippen LogP contribution in [0.1, 0.15) is 65.3 Å². The largest absolute Gasteiger partial charge is 0.444 e. The fourth-order valence-electron chi connectivity index (χ4n) is 6.88. The number of likely N-dealkylation sites (tertiary alicyclic amines) is 1. The van der Waals surface area contributed by atoms with Crippen molar-refractivity contribution >= 4 is 44.4 Å². The van der Waals surface area contributed by atoms with Crippen LogP contribution in [0, 0.1) is 5.92 Å². The molecule has 10 heteroatoms. The number of anilines is 1. The van der Waals surface area contributed by atoms with Gasteiger partial charge < -0.3 is 24.1 Å². The number of fused-ring (bicyclic) bond motifs is 3. The first-order valence-electron chi connectivity index (χ1n) is 14.5. The molecule has 210 valence electrons. The van der Waals surface area contributed by atoms with Gasteiger partial charge in [-0.15, -0.1) is 11.3 Å². The van der Waals surface area contributed by atoms with Crippen LogP contribution in [0.2, 0.25) is 0 Å². The molecule has 0 bridgehead atoms. The number of hydrogen-bond acceptors (Lipinski definition) is 7. The van der Waals surface area contributed by atoms with Gasteiger partial charge in [0.25, 0.3) is 5.56 Å². The van der Waals surface area contributed by atoms with Gasteiger partial charge in [0, 0.05) is 31.6 Å². The van der Waals surface area contributed by atoms with Crippen LogP contribution < -0.4 is 10.5 Å². The standard InChI is InChI=1S/C30H36N6O3S/c1-30(2,3)39-29(38)34-14-19-11-12-35(23(19)15-34)28-24-25(31-16-32-27(24)37)26(40-28)18-9-10-22-21(13-18)33-17-36(22)20-7-5-4-6-8-20/h9-10,13,16-17,19-20,23H,4-8,11-12,14-15H2,1-3H3,(H,31,32,37). The molecule has 40 heavy (non-hydrogen) atoms. The van der Waals surface area contributed by atoms with Crippen LogP contribution in [0.15, 0.2) is 35.6 Å². The molecule has 1 amide bonds. The molecular formula is C30H36N6O3S. The van der Waals surface area contributed by atoms with Gasteiger partial charge in [0.1, 0.15) is 16.0 Å². The number of aromatic amines is 1. The Morgan fingerprint density at radius 1 is 1.10 bits per heavy atom. The van der Waals surface area contributed by atoms with Crippen LogP contribution in [0.4, 0.5) is 9.80 Å². The van der Waals surface area contributed by atoms with Crippen LogP contribution in [0.3, 0.4) is 0 Å². The van der Waals surface area contributed by atoms with Crippen molar-refractivity contribution in [2.24, 2.45) is 5.92 Å². The summed E-state index contributed by atoms with van der Waals surface area (Å²) < 4.78 is 8.00. The number of nitrogens with zero attached hydrogens (tertiary/aromatic N) is 5. The highest BCUT2D eigenvalue weighted by Crippen LogP contribution is 2.46. The molecule has 5 heterocycles. The first kappa shape index (κ1) is 25.6. The summed E-state index contributed by atoms with van der Waals surface area (Å²) in [5.74, 6) is 0.351. The maximum Gasteiger partial charge on any atom is 0.410 e. The monoisotopic (exact) mass is 560 g/mol. The highest BCUT2D eigenvalue weighted by atomic mass is 32.1. The molecule has 3 aromatic heterocycles. The second-order valence-corrected chi connectivity index (χ2v) is 13.5. The van der Waals surface area contributed by atoms with Crippen molar-refractivity contribution in [3.63, 3.8) is 0 Å². The lowest BCUT2D eigenvalue weighted by Crippen LogP contribution is -2.39. The van der Waals surface area contributed by atoms with Gasteiger partial charge in [-0.25, -0.2) is 14.8 Å². The number of imidazole rings is 1. The molecule has 2 atom stereocenters. The molecule has 1 N–H and O–H groups in total. The summed E-state index contributed by atoms with van der Waals surface area (Å²) in [5, 5.41) is 1.57. The van der Waals surface area contributed by atoms with E-state index in [1.807, 2.05) is 32.0 Å². The predicted molar refractivity (Wildman–Crippen MR) is 158 cm³/mol. The van der Waals surface area contributed by atoms with Crippen molar-refractivity contribution in [2.75, 3.05) is 24.5 Å².